The molecule has 30 heavy (non-hydrogen) atoms. The summed E-state index contributed by atoms with van der Waals surface area (Å²) in [6, 6.07) is 15.1. The third-order valence-corrected chi connectivity index (χ3v) is 5.55. The summed E-state index contributed by atoms with van der Waals surface area (Å²) in [5, 5.41) is 9.05. The molecule has 3 aromatic rings. The van der Waals surface area contributed by atoms with Crippen molar-refractivity contribution in [3.63, 3.8) is 0 Å². The number of likely N-dealkylation sites (tertiary alicyclic amines) is 1. The van der Waals surface area contributed by atoms with Crippen molar-refractivity contribution in [2.24, 2.45) is 0 Å². The van der Waals surface area contributed by atoms with E-state index < -0.39 is 5.97 Å². The predicted molar refractivity (Wildman–Crippen MR) is 113 cm³/mol. The molecule has 1 atom stereocenters. The molecule has 0 saturated carbocycles. The van der Waals surface area contributed by atoms with Crippen LogP contribution in [0.5, 0.6) is 5.75 Å². The van der Waals surface area contributed by atoms with E-state index in [0.717, 1.165) is 61.0 Å². The van der Waals surface area contributed by atoms with E-state index in [0.29, 0.717) is 12.0 Å². The molecule has 0 bridgehead atoms. The maximum atomic E-state index is 11.0. The van der Waals surface area contributed by atoms with Crippen LogP contribution in [-0.2, 0) is 13.0 Å². The van der Waals surface area contributed by atoms with Gasteiger partial charge < -0.3 is 14.3 Å². The fourth-order valence-electron chi connectivity index (χ4n) is 3.99. The molecular formula is C24H26N2O4. The standard InChI is InChI=1S/C24H26N2O4/c1-29-21-6-2-4-18(12-21)13-22-14-25-23(30-22)20-5-3-11-26(16-20)15-17-7-9-19(10-8-17)24(27)28/h2,4,6-10,12,14,20H,3,5,11,13,15-16H2,1H3,(H,27,28). The van der Waals surface area contributed by atoms with Gasteiger partial charge in [0.05, 0.1) is 18.9 Å². The summed E-state index contributed by atoms with van der Waals surface area (Å²) >= 11 is 0. The topological polar surface area (TPSA) is 75.8 Å². The Morgan fingerprint density at radius 3 is 2.83 bits per heavy atom. The van der Waals surface area contributed by atoms with Gasteiger partial charge >= 0.3 is 5.97 Å². The van der Waals surface area contributed by atoms with Crippen molar-refractivity contribution >= 4 is 5.97 Å². The van der Waals surface area contributed by atoms with Crippen molar-refractivity contribution in [3.8, 4) is 5.75 Å². The van der Waals surface area contributed by atoms with Crippen molar-refractivity contribution in [2.45, 2.75) is 31.7 Å². The van der Waals surface area contributed by atoms with E-state index in [9.17, 15) is 4.79 Å². The van der Waals surface area contributed by atoms with Crippen molar-refractivity contribution in [2.75, 3.05) is 20.2 Å². The van der Waals surface area contributed by atoms with E-state index >= 15 is 0 Å². The molecule has 2 aromatic carbocycles. The molecule has 6 nitrogen and oxygen atoms in total. The van der Waals surface area contributed by atoms with E-state index in [-0.39, 0.29) is 5.92 Å². The number of aromatic carboxylic acids is 1. The summed E-state index contributed by atoms with van der Waals surface area (Å²) in [5.74, 6) is 1.88. The maximum absolute atomic E-state index is 11.0. The number of piperidine rings is 1. The number of carboxylic acids is 1. The van der Waals surface area contributed by atoms with Gasteiger partial charge in [-0.25, -0.2) is 9.78 Å². The van der Waals surface area contributed by atoms with Gasteiger partial charge in [0.15, 0.2) is 5.89 Å². The van der Waals surface area contributed by atoms with Gasteiger partial charge in [0.25, 0.3) is 0 Å². The SMILES string of the molecule is COc1cccc(Cc2cnc(C3CCCN(Cc4ccc(C(=O)O)cc4)C3)o2)c1. The first-order chi connectivity index (χ1) is 14.6. The molecule has 1 fully saturated rings. The molecule has 1 saturated heterocycles. The Hall–Kier alpha value is -3.12. The molecule has 1 unspecified atom stereocenters. The highest BCUT2D eigenvalue weighted by Crippen LogP contribution is 2.28. The number of aromatic nitrogens is 1. The lowest BCUT2D eigenvalue weighted by Crippen LogP contribution is -2.34. The van der Waals surface area contributed by atoms with Crippen LogP contribution in [0.4, 0.5) is 0 Å². The van der Waals surface area contributed by atoms with Crippen LogP contribution in [-0.4, -0.2) is 41.2 Å². The first-order valence-corrected chi connectivity index (χ1v) is 10.2. The molecule has 6 heteroatoms. The third kappa shape index (κ3) is 4.89. The van der Waals surface area contributed by atoms with E-state index in [4.69, 9.17) is 14.3 Å². The van der Waals surface area contributed by atoms with Crippen LogP contribution >= 0.6 is 0 Å². The van der Waals surface area contributed by atoms with Crippen LogP contribution in [0.15, 0.2) is 59.1 Å². The number of benzene rings is 2. The zero-order chi connectivity index (χ0) is 20.9. The number of nitrogens with zero attached hydrogens (tertiary/aromatic N) is 2. The van der Waals surface area contributed by atoms with Gasteiger partial charge in [0.2, 0.25) is 0 Å². The number of methoxy groups -OCH3 is 1. The fraction of sp³-hybridized carbons (Fsp3) is 0.333. The first-order valence-electron chi connectivity index (χ1n) is 10.2. The van der Waals surface area contributed by atoms with E-state index in [2.05, 4.69) is 16.0 Å². The average Bonchev–Trinajstić information content (AvgIpc) is 3.23. The van der Waals surface area contributed by atoms with Crippen molar-refractivity contribution in [1.82, 2.24) is 9.88 Å². The zero-order valence-corrected chi connectivity index (χ0v) is 17.1. The maximum Gasteiger partial charge on any atom is 0.335 e. The Morgan fingerprint density at radius 2 is 2.07 bits per heavy atom. The molecule has 1 aliphatic heterocycles. The Bertz CT molecular complexity index is 996. The number of oxazole rings is 1. The van der Waals surface area contributed by atoms with Gasteiger partial charge in [0.1, 0.15) is 11.5 Å². The van der Waals surface area contributed by atoms with Crippen molar-refractivity contribution < 1.29 is 19.1 Å². The summed E-state index contributed by atoms with van der Waals surface area (Å²) in [7, 11) is 1.67. The van der Waals surface area contributed by atoms with Gasteiger partial charge in [-0.2, -0.15) is 0 Å². The first kappa shape index (κ1) is 20.2. The smallest absolute Gasteiger partial charge is 0.335 e. The molecule has 0 radical (unpaired) electrons. The van der Waals surface area contributed by atoms with Crippen LogP contribution in [0, 0.1) is 0 Å². The lowest BCUT2D eigenvalue weighted by Gasteiger charge is -2.31. The van der Waals surface area contributed by atoms with Crippen molar-refractivity contribution in [1.29, 1.82) is 0 Å². The molecule has 1 aromatic heterocycles. The molecular weight excluding hydrogens is 380 g/mol. The van der Waals surface area contributed by atoms with Crippen molar-refractivity contribution in [3.05, 3.63) is 83.1 Å². The third-order valence-electron chi connectivity index (χ3n) is 5.55. The van der Waals surface area contributed by atoms with Gasteiger partial charge in [-0.1, -0.05) is 24.3 Å². The van der Waals surface area contributed by atoms with Crippen LogP contribution in [0.2, 0.25) is 0 Å². The van der Waals surface area contributed by atoms with Crippen LogP contribution in [0.3, 0.4) is 0 Å². The lowest BCUT2D eigenvalue weighted by atomic mass is 9.97. The molecule has 0 amide bonds. The lowest BCUT2D eigenvalue weighted by molar-refractivity contribution is 0.0697. The van der Waals surface area contributed by atoms with E-state index in [1.807, 2.05) is 36.5 Å². The molecule has 0 spiro atoms. The van der Waals surface area contributed by atoms with Gasteiger partial charge in [-0.3, -0.25) is 4.90 Å². The minimum atomic E-state index is -0.895. The number of carbonyl (C=O) groups is 1. The minimum absolute atomic E-state index is 0.274. The molecule has 0 aliphatic carbocycles. The van der Waals surface area contributed by atoms with Crippen LogP contribution < -0.4 is 4.74 Å². The number of hydrogen-bond donors (Lipinski definition) is 1. The Balaban J connectivity index is 1.38. The van der Waals surface area contributed by atoms with Crippen LogP contribution in [0.1, 0.15) is 51.9 Å². The van der Waals surface area contributed by atoms with E-state index in [1.54, 1.807) is 19.2 Å². The number of hydrogen-bond acceptors (Lipinski definition) is 5. The van der Waals surface area contributed by atoms with Gasteiger partial charge in [-0.05, 0) is 54.8 Å². The summed E-state index contributed by atoms with van der Waals surface area (Å²) in [5.41, 5.74) is 2.57. The van der Waals surface area contributed by atoms with Gasteiger partial charge in [-0.15, -0.1) is 0 Å². The van der Waals surface area contributed by atoms with Crippen LogP contribution in [0.25, 0.3) is 0 Å². The highest BCUT2D eigenvalue weighted by Gasteiger charge is 2.25. The normalized spacial score (nSPS) is 17.0. The largest absolute Gasteiger partial charge is 0.497 e. The minimum Gasteiger partial charge on any atom is -0.497 e. The summed E-state index contributed by atoms with van der Waals surface area (Å²) in [6.07, 6.45) is 4.67. The second kappa shape index (κ2) is 9.13. The average molecular weight is 406 g/mol. The highest BCUT2D eigenvalue weighted by molar-refractivity contribution is 5.87. The number of rotatable bonds is 7. The molecule has 2 heterocycles. The summed E-state index contributed by atoms with van der Waals surface area (Å²) in [4.78, 5) is 18.0. The number of carboxylic acid groups (broad SMARTS) is 1. The second-order valence-electron chi connectivity index (χ2n) is 7.77. The molecule has 4 rings (SSSR count). The zero-order valence-electron chi connectivity index (χ0n) is 17.1. The Morgan fingerprint density at radius 1 is 1.23 bits per heavy atom. The fourth-order valence-corrected chi connectivity index (χ4v) is 3.99. The molecule has 156 valence electrons. The van der Waals surface area contributed by atoms with Gasteiger partial charge in [0, 0.05) is 25.4 Å². The number of ether oxygens (including phenoxy) is 1. The predicted octanol–water partition coefficient (Wildman–Crippen LogP) is 4.35. The highest BCUT2D eigenvalue weighted by atomic mass is 16.5. The molecule has 1 aliphatic rings. The Kier molecular flexibility index (Phi) is 6.14. The quantitative estimate of drug-likeness (QED) is 0.629. The van der Waals surface area contributed by atoms with E-state index in [1.165, 1.54) is 0 Å². The second-order valence-corrected chi connectivity index (χ2v) is 7.77. The molecule has 1 N–H and O–H groups in total. The summed E-state index contributed by atoms with van der Waals surface area (Å²) < 4.78 is 11.4. The monoisotopic (exact) mass is 406 g/mol. The summed E-state index contributed by atoms with van der Waals surface area (Å²) in [6.45, 7) is 2.71. The Labute approximate surface area is 176 Å².